The van der Waals surface area contributed by atoms with Crippen LogP contribution in [0.5, 0.6) is 0 Å². The summed E-state index contributed by atoms with van der Waals surface area (Å²) in [6.45, 7) is 3.27. The van der Waals surface area contributed by atoms with Crippen molar-refractivity contribution in [3.05, 3.63) is 54.2 Å². The zero-order valence-corrected chi connectivity index (χ0v) is 18.8. The number of nitro groups is 1. The number of benzene rings is 1. The first-order chi connectivity index (χ1) is 14.7. The molecule has 0 saturated heterocycles. The molecule has 0 aliphatic rings. The molecule has 0 saturated carbocycles. The molecule has 1 N–H and O–H groups in total. The third kappa shape index (κ3) is 4.11. The van der Waals surface area contributed by atoms with Crippen LogP contribution in [-0.2, 0) is 9.47 Å². The van der Waals surface area contributed by atoms with Gasteiger partial charge in [0.2, 0.25) is 0 Å². The monoisotopic (exact) mass is 482 g/mol. The van der Waals surface area contributed by atoms with Crippen LogP contribution in [0.4, 0.5) is 10.7 Å². The topological polar surface area (TPSA) is 125 Å². The average molecular weight is 483 g/mol. The second-order valence-electron chi connectivity index (χ2n) is 6.08. The number of nitro benzene ring substituents is 1. The van der Waals surface area contributed by atoms with Gasteiger partial charge in [0.25, 0.3) is 11.6 Å². The maximum Gasteiger partial charge on any atom is 0.348 e. The van der Waals surface area contributed by atoms with Crippen LogP contribution < -0.4 is 5.32 Å². The molecule has 2 heterocycles. The number of halogens is 1. The lowest BCUT2D eigenvalue weighted by Gasteiger charge is -2.06. The Labute approximate surface area is 188 Å². The lowest BCUT2D eigenvalue weighted by molar-refractivity contribution is -0.382. The molecule has 0 spiro atoms. The Morgan fingerprint density at radius 3 is 2.52 bits per heavy atom. The van der Waals surface area contributed by atoms with Crippen molar-refractivity contribution < 1.29 is 28.8 Å². The summed E-state index contributed by atoms with van der Waals surface area (Å²) in [7, 11) is 1.20. The molecule has 31 heavy (non-hydrogen) atoms. The fourth-order valence-electron chi connectivity index (χ4n) is 2.86. The van der Waals surface area contributed by atoms with E-state index in [4.69, 9.17) is 21.1 Å². The van der Waals surface area contributed by atoms with Gasteiger partial charge >= 0.3 is 11.9 Å². The van der Waals surface area contributed by atoms with Crippen molar-refractivity contribution in [3.8, 4) is 0 Å². The van der Waals surface area contributed by atoms with Crippen molar-refractivity contribution in [2.75, 3.05) is 19.0 Å². The van der Waals surface area contributed by atoms with Crippen LogP contribution in [0.15, 0.2) is 18.2 Å². The quantitative estimate of drug-likeness (QED) is 0.296. The van der Waals surface area contributed by atoms with Gasteiger partial charge in [0.15, 0.2) is 0 Å². The van der Waals surface area contributed by atoms with Gasteiger partial charge in [-0.15, -0.1) is 22.7 Å². The van der Waals surface area contributed by atoms with Gasteiger partial charge in [-0.3, -0.25) is 14.9 Å². The third-order valence-electron chi connectivity index (χ3n) is 4.26. The van der Waals surface area contributed by atoms with E-state index in [0.29, 0.717) is 10.9 Å². The Bertz CT molecular complexity index is 1230. The molecule has 0 radical (unpaired) electrons. The minimum Gasteiger partial charge on any atom is -0.465 e. The highest BCUT2D eigenvalue weighted by Crippen LogP contribution is 2.41. The molecular weight excluding hydrogens is 468 g/mol. The number of nitrogens with zero attached hydrogens (tertiary/aromatic N) is 1. The molecular formula is C19H15ClN2O7S2. The lowest BCUT2D eigenvalue weighted by atomic mass is 10.1. The van der Waals surface area contributed by atoms with E-state index in [1.54, 1.807) is 19.9 Å². The van der Waals surface area contributed by atoms with Gasteiger partial charge < -0.3 is 14.8 Å². The largest absolute Gasteiger partial charge is 0.465 e. The molecule has 0 bridgehead atoms. The van der Waals surface area contributed by atoms with Crippen LogP contribution in [0, 0.1) is 17.0 Å². The Kier molecular flexibility index (Phi) is 6.58. The number of carbonyl (C=O) groups is 3. The van der Waals surface area contributed by atoms with Gasteiger partial charge in [-0.2, -0.15) is 0 Å². The zero-order chi connectivity index (χ0) is 22.9. The fourth-order valence-corrected chi connectivity index (χ4v) is 5.46. The molecule has 0 aliphatic carbocycles. The van der Waals surface area contributed by atoms with E-state index >= 15 is 0 Å². The number of ether oxygens (including phenoxy) is 2. The van der Waals surface area contributed by atoms with Crippen molar-refractivity contribution in [2.45, 2.75) is 13.8 Å². The molecule has 9 nitrogen and oxygen atoms in total. The Balaban J connectivity index is 2.07. The summed E-state index contributed by atoms with van der Waals surface area (Å²) < 4.78 is 10.0. The second-order valence-corrected chi connectivity index (χ2v) is 8.50. The number of fused-ring (bicyclic) bond motifs is 1. The normalized spacial score (nSPS) is 10.7. The molecule has 0 aliphatic heterocycles. The van der Waals surface area contributed by atoms with Gasteiger partial charge in [-0.25, -0.2) is 9.59 Å². The molecule has 3 aromatic rings. The summed E-state index contributed by atoms with van der Waals surface area (Å²) in [4.78, 5) is 48.4. The first-order valence-corrected chi connectivity index (χ1v) is 10.8. The smallest absolute Gasteiger partial charge is 0.348 e. The van der Waals surface area contributed by atoms with Crippen LogP contribution in [-0.4, -0.2) is 36.5 Å². The molecule has 1 amide bonds. The highest BCUT2D eigenvalue weighted by molar-refractivity contribution is 7.22. The minimum atomic E-state index is -0.709. The van der Waals surface area contributed by atoms with Gasteiger partial charge in [0.05, 0.1) is 29.2 Å². The number of thiophene rings is 2. The summed E-state index contributed by atoms with van der Waals surface area (Å²) in [6, 6.07) is 4.37. The number of amides is 1. The molecule has 1 aromatic carbocycles. The van der Waals surface area contributed by atoms with Crippen LogP contribution >= 0.6 is 34.3 Å². The van der Waals surface area contributed by atoms with Crippen molar-refractivity contribution in [1.29, 1.82) is 0 Å². The molecule has 0 atom stereocenters. The number of esters is 2. The Hall–Kier alpha value is -3.02. The molecule has 12 heteroatoms. The first-order valence-electron chi connectivity index (χ1n) is 8.76. The number of carbonyl (C=O) groups excluding carboxylic acids is 3. The minimum absolute atomic E-state index is 0.0313. The number of hydrogen-bond acceptors (Lipinski definition) is 9. The lowest BCUT2D eigenvalue weighted by Crippen LogP contribution is -2.14. The molecule has 162 valence electrons. The fraction of sp³-hybridized carbons (Fsp3) is 0.211. The number of non-ortho nitro benzene ring substituents is 1. The van der Waals surface area contributed by atoms with Crippen LogP contribution in [0.3, 0.4) is 0 Å². The standard InChI is InChI=1S/C19H15ClN2O7S2/c1-4-29-18(24)11-8(2)13(19(25)28-3)31-17(11)21-16(23)15-12(20)9-6-5-7-10(22(26)27)14(9)30-15/h5-7H,4H2,1-3H3,(H,21,23). The highest BCUT2D eigenvalue weighted by atomic mass is 35.5. The van der Waals surface area contributed by atoms with Crippen LogP contribution in [0.1, 0.15) is 42.2 Å². The summed E-state index contributed by atoms with van der Waals surface area (Å²) in [5, 5.41) is 14.4. The second kappa shape index (κ2) is 9.00. The summed E-state index contributed by atoms with van der Waals surface area (Å²) in [5.41, 5.74) is 0.170. The summed E-state index contributed by atoms with van der Waals surface area (Å²) in [6.07, 6.45) is 0. The number of hydrogen-bond donors (Lipinski definition) is 1. The summed E-state index contributed by atoms with van der Waals surface area (Å²) >= 11 is 8.05. The number of rotatable bonds is 6. The first kappa shape index (κ1) is 22.7. The molecule has 3 rings (SSSR count). The van der Waals surface area contributed by atoms with E-state index in [9.17, 15) is 24.5 Å². The van der Waals surface area contributed by atoms with Gasteiger partial charge in [-0.1, -0.05) is 23.7 Å². The third-order valence-corrected chi connectivity index (χ3v) is 7.18. The molecule has 0 unspecified atom stereocenters. The summed E-state index contributed by atoms with van der Waals surface area (Å²) in [5.74, 6) is -2.05. The van der Waals surface area contributed by atoms with Crippen molar-refractivity contribution in [1.82, 2.24) is 0 Å². The maximum atomic E-state index is 13.0. The highest BCUT2D eigenvalue weighted by Gasteiger charge is 2.29. The van der Waals surface area contributed by atoms with Crippen LogP contribution in [0.25, 0.3) is 10.1 Å². The molecule has 0 fully saturated rings. The maximum absolute atomic E-state index is 13.0. The van der Waals surface area contributed by atoms with E-state index in [-0.39, 0.29) is 42.3 Å². The average Bonchev–Trinajstić information content (AvgIpc) is 3.24. The molecule has 2 aromatic heterocycles. The number of methoxy groups -OCH3 is 1. The van der Waals surface area contributed by atoms with Gasteiger partial charge in [-0.05, 0) is 19.4 Å². The predicted molar refractivity (Wildman–Crippen MR) is 118 cm³/mol. The van der Waals surface area contributed by atoms with E-state index in [1.807, 2.05) is 0 Å². The van der Waals surface area contributed by atoms with Gasteiger partial charge in [0.1, 0.15) is 19.5 Å². The van der Waals surface area contributed by atoms with E-state index < -0.39 is 22.8 Å². The number of anilines is 1. The van der Waals surface area contributed by atoms with Crippen molar-refractivity contribution >= 4 is 72.9 Å². The zero-order valence-electron chi connectivity index (χ0n) is 16.4. The number of nitrogens with one attached hydrogen (secondary N) is 1. The van der Waals surface area contributed by atoms with E-state index in [0.717, 1.165) is 22.7 Å². The predicted octanol–water partition coefficient (Wildman–Crippen LogP) is 5.05. The van der Waals surface area contributed by atoms with Crippen molar-refractivity contribution in [2.24, 2.45) is 0 Å². The van der Waals surface area contributed by atoms with Crippen molar-refractivity contribution in [3.63, 3.8) is 0 Å². The van der Waals surface area contributed by atoms with Crippen LogP contribution in [0.2, 0.25) is 5.02 Å². The SMILES string of the molecule is CCOC(=O)c1c(NC(=O)c2sc3c([N+](=O)[O-])cccc3c2Cl)sc(C(=O)OC)c1C. The van der Waals surface area contributed by atoms with Gasteiger partial charge in [0, 0.05) is 11.5 Å². The van der Waals surface area contributed by atoms with E-state index in [2.05, 4.69) is 5.32 Å². The Morgan fingerprint density at radius 1 is 1.19 bits per heavy atom. The Morgan fingerprint density at radius 2 is 1.90 bits per heavy atom. The van der Waals surface area contributed by atoms with E-state index in [1.165, 1.54) is 19.2 Å².